The summed E-state index contributed by atoms with van der Waals surface area (Å²) in [6, 6.07) is 9.35. The number of benzene rings is 2. The third-order valence-corrected chi connectivity index (χ3v) is 7.44. The van der Waals surface area contributed by atoms with Gasteiger partial charge < -0.3 is 29.9 Å². The Bertz CT molecular complexity index is 1030. The van der Waals surface area contributed by atoms with Gasteiger partial charge in [-0.15, -0.1) is 0 Å². The first-order chi connectivity index (χ1) is 16.0. The number of carbonyl (C=O) groups is 2. The molecule has 33 heavy (non-hydrogen) atoms. The van der Waals surface area contributed by atoms with Crippen molar-refractivity contribution in [3.63, 3.8) is 0 Å². The molecule has 10 nitrogen and oxygen atoms in total. The molecular weight excluding hydrogens is 448 g/mol. The molecule has 0 unspecified atom stereocenters. The van der Waals surface area contributed by atoms with E-state index in [1.165, 1.54) is 24.3 Å². The van der Waals surface area contributed by atoms with Gasteiger partial charge in [0.25, 0.3) is 0 Å². The van der Waals surface area contributed by atoms with Crippen molar-refractivity contribution >= 4 is 45.4 Å². The van der Waals surface area contributed by atoms with Gasteiger partial charge in [-0.2, -0.15) is 0 Å². The highest BCUT2D eigenvalue weighted by Gasteiger charge is 2.24. The summed E-state index contributed by atoms with van der Waals surface area (Å²) >= 11 is 0. The number of nitrogens with zero attached hydrogens (tertiary/aromatic N) is 2. The van der Waals surface area contributed by atoms with Gasteiger partial charge in [0.1, 0.15) is 0 Å². The highest BCUT2D eigenvalue weighted by Crippen LogP contribution is 2.34. The Balaban J connectivity index is 1.69. The van der Waals surface area contributed by atoms with E-state index in [1.807, 2.05) is 9.80 Å². The second kappa shape index (κ2) is 10.2. The van der Waals surface area contributed by atoms with Crippen LogP contribution in [0.3, 0.4) is 0 Å². The molecule has 2 heterocycles. The number of morpholine rings is 2. The first kappa shape index (κ1) is 23.0. The molecule has 2 amide bonds. The summed E-state index contributed by atoms with van der Waals surface area (Å²) in [5, 5.41) is 5.23. The van der Waals surface area contributed by atoms with Crippen molar-refractivity contribution < 1.29 is 27.5 Å². The monoisotopic (exact) mass is 474 g/mol. The predicted molar refractivity (Wildman–Crippen MR) is 124 cm³/mol. The lowest BCUT2D eigenvalue weighted by atomic mass is 10.2. The van der Waals surface area contributed by atoms with E-state index in [9.17, 15) is 18.0 Å². The van der Waals surface area contributed by atoms with Crippen molar-refractivity contribution in [1.29, 1.82) is 0 Å². The summed E-state index contributed by atoms with van der Waals surface area (Å²) < 4.78 is 37.6. The van der Waals surface area contributed by atoms with Crippen molar-refractivity contribution in [2.75, 3.05) is 73.0 Å². The minimum atomic E-state index is -3.91. The molecule has 2 fully saturated rings. The lowest BCUT2D eigenvalue weighted by Gasteiger charge is -2.31. The lowest BCUT2D eigenvalue weighted by molar-refractivity contribution is -0.106. The lowest BCUT2D eigenvalue weighted by Crippen LogP contribution is -2.36. The number of hydrogen-bond acceptors (Lipinski definition) is 8. The van der Waals surface area contributed by atoms with Crippen molar-refractivity contribution in [3.8, 4) is 0 Å². The topological polar surface area (TPSA) is 117 Å². The maximum absolute atomic E-state index is 13.4. The molecule has 176 valence electrons. The molecule has 2 aromatic carbocycles. The average molecular weight is 475 g/mol. The number of carbonyl (C=O) groups excluding carboxylic acids is 2. The summed E-state index contributed by atoms with van der Waals surface area (Å²) in [5.41, 5.74) is 2.28. The maximum Gasteiger partial charge on any atom is 0.211 e. The summed E-state index contributed by atoms with van der Waals surface area (Å²) in [7, 11) is -3.91. The average Bonchev–Trinajstić information content (AvgIpc) is 2.85. The Morgan fingerprint density at radius 2 is 1.09 bits per heavy atom. The van der Waals surface area contributed by atoms with Crippen LogP contribution < -0.4 is 20.4 Å². The number of anilines is 4. The van der Waals surface area contributed by atoms with Crippen LogP contribution in [0.5, 0.6) is 0 Å². The largest absolute Gasteiger partial charge is 0.378 e. The van der Waals surface area contributed by atoms with Crippen LogP contribution in [0.4, 0.5) is 22.7 Å². The summed E-state index contributed by atoms with van der Waals surface area (Å²) in [6.07, 6.45) is 1.05. The van der Waals surface area contributed by atoms with Crippen molar-refractivity contribution in [2.45, 2.75) is 9.79 Å². The Morgan fingerprint density at radius 3 is 1.45 bits per heavy atom. The van der Waals surface area contributed by atoms with Gasteiger partial charge in [-0.25, -0.2) is 8.42 Å². The Morgan fingerprint density at radius 1 is 0.697 bits per heavy atom. The zero-order valence-electron chi connectivity index (χ0n) is 18.0. The smallest absolute Gasteiger partial charge is 0.211 e. The fraction of sp³-hybridized carbons (Fsp3) is 0.364. The van der Waals surface area contributed by atoms with Gasteiger partial charge in [-0.3, -0.25) is 9.59 Å². The molecule has 0 aromatic heterocycles. The quantitative estimate of drug-likeness (QED) is 0.551. The van der Waals surface area contributed by atoms with E-state index in [0.29, 0.717) is 76.8 Å². The fourth-order valence-electron chi connectivity index (χ4n) is 4.02. The van der Waals surface area contributed by atoms with Crippen LogP contribution in [-0.2, 0) is 28.9 Å². The summed E-state index contributed by atoms with van der Waals surface area (Å²) in [6.45, 7) is 4.80. The Kier molecular flexibility index (Phi) is 7.11. The highest BCUT2D eigenvalue weighted by molar-refractivity contribution is 7.91. The van der Waals surface area contributed by atoms with E-state index < -0.39 is 9.84 Å². The highest BCUT2D eigenvalue weighted by atomic mass is 32.2. The van der Waals surface area contributed by atoms with E-state index in [4.69, 9.17) is 9.47 Å². The fourth-order valence-corrected chi connectivity index (χ4v) is 5.33. The third-order valence-electron chi connectivity index (χ3n) is 5.69. The second-order valence-electron chi connectivity index (χ2n) is 7.58. The van der Waals surface area contributed by atoms with E-state index in [1.54, 1.807) is 12.1 Å². The molecule has 4 rings (SSSR count). The minimum Gasteiger partial charge on any atom is -0.378 e. The van der Waals surface area contributed by atoms with Crippen LogP contribution in [-0.4, -0.2) is 73.8 Å². The van der Waals surface area contributed by atoms with Gasteiger partial charge in [0.05, 0.1) is 59.0 Å². The number of rotatable bonds is 8. The van der Waals surface area contributed by atoms with Crippen LogP contribution >= 0.6 is 0 Å². The van der Waals surface area contributed by atoms with Crippen molar-refractivity contribution in [3.05, 3.63) is 36.4 Å². The van der Waals surface area contributed by atoms with Gasteiger partial charge in [0.15, 0.2) is 0 Å². The maximum atomic E-state index is 13.4. The van der Waals surface area contributed by atoms with E-state index in [-0.39, 0.29) is 9.79 Å². The molecule has 0 spiro atoms. The zero-order valence-corrected chi connectivity index (χ0v) is 18.8. The third kappa shape index (κ3) is 4.95. The standard InChI is InChI=1S/C22H26N4O6S/c27-15-23-19-13-17(1-3-21(19)25-5-9-31-10-6-25)33(29,30)18-2-4-22(20(14-18)24-16-28)26-7-11-32-12-8-26/h1-4,13-16H,5-12H2,(H,23,27)(H,24,28). The molecule has 0 bridgehead atoms. The van der Waals surface area contributed by atoms with Crippen molar-refractivity contribution in [2.24, 2.45) is 0 Å². The van der Waals surface area contributed by atoms with E-state index >= 15 is 0 Å². The van der Waals surface area contributed by atoms with Crippen LogP contribution in [0.2, 0.25) is 0 Å². The molecule has 2 saturated heterocycles. The molecular formula is C22H26N4O6S. The van der Waals surface area contributed by atoms with Gasteiger partial charge in [-0.1, -0.05) is 0 Å². The summed E-state index contributed by atoms with van der Waals surface area (Å²) in [5.74, 6) is 0. The molecule has 0 saturated carbocycles. The van der Waals surface area contributed by atoms with E-state index in [2.05, 4.69) is 10.6 Å². The van der Waals surface area contributed by atoms with Crippen molar-refractivity contribution in [1.82, 2.24) is 0 Å². The SMILES string of the molecule is O=CNc1cc(S(=O)(=O)c2ccc(N3CCOCC3)c(NC=O)c2)ccc1N1CCOCC1. The van der Waals surface area contributed by atoms with Crippen LogP contribution in [0.1, 0.15) is 0 Å². The normalized spacial score (nSPS) is 16.8. The van der Waals surface area contributed by atoms with Gasteiger partial charge in [-0.05, 0) is 36.4 Å². The van der Waals surface area contributed by atoms with Gasteiger partial charge in [0, 0.05) is 26.2 Å². The molecule has 2 aromatic rings. The molecule has 11 heteroatoms. The molecule has 2 N–H and O–H groups in total. The molecule has 0 radical (unpaired) electrons. The zero-order chi connectivity index (χ0) is 23.3. The number of sulfone groups is 1. The Labute approximate surface area is 192 Å². The van der Waals surface area contributed by atoms with E-state index in [0.717, 1.165) is 11.4 Å². The number of hydrogen-bond donors (Lipinski definition) is 2. The number of amides is 2. The minimum absolute atomic E-state index is 0.0417. The number of ether oxygens (including phenoxy) is 2. The molecule has 2 aliphatic rings. The number of nitrogens with one attached hydrogen (secondary N) is 2. The molecule has 0 aliphatic carbocycles. The van der Waals surface area contributed by atoms with Crippen LogP contribution in [0.25, 0.3) is 0 Å². The van der Waals surface area contributed by atoms with Crippen LogP contribution in [0, 0.1) is 0 Å². The summed E-state index contributed by atoms with van der Waals surface area (Å²) in [4.78, 5) is 26.5. The molecule has 2 aliphatic heterocycles. The Hall–Kier alpha value is -3.15. The second-order valence-corrected chi connectivity index (χ2v) is 9.53. The first-order valence-corrected chi connectivity index (χ1v) is 12.1. The van der Waals surface area contributed by atoms with Crippen LogP contribution in [0.15, 0.2) is 46.2 Å². The predicted octanol–water partition coefficient (Wildman–Crippen LogP) is 1.33. The first-order valence-electron chi connectivity index (χ1n) is 10.6. The van der Waals surface area contributed by atoms with Gasteiger partial charge in [0.2, 0.25) is 22.7 Å². The molecule has 0 atom stereocenters. The van der Waals surface area contributed by atoms with Gasteiger partial charge >= 0.3 is 0 Å².